The number of aromatic nitrogens is 4. The second kappa shape index (κ2) is 8.23. The molecule has 2 aliphatic rings. The maximum Gasteiger partial charge on any atom is 0.434 e. The molecule has 2 aliphatic heterocycles. The predicted octanol–water partition coefficient (Wildman–Crippen LogP) is 0.336. The summed E-state index contributed by atoms with van der Waals surface area (Å²) < 4.78 is 46.2. The Kier molecular flexibility index (Phi) is 5.62. The van der Waals surface area contributed by atoms with Gasteiger partial charge in [-0.25, -0.2) is 19.9 Å². The van der Waals surface area contributed by atoms with Crippen molar-refractivity contribution in [3.63, 3.8) is 0 Å². The van der Waals surface area contributed by atoms with E-state index in [0.29, 0.717) is 26.3 Å². The summed E-state index contributed by atoms with van der Waals surface area (Å²) in [6, 6.07) is 0.881. The Labute approximate surface area is 174 Å². The molecule has 13 heteroatoms. The van der Waals surface area contributed by atoms with Gasteiger partial charge >= 0.3 is 6.18 Å². The molecule has 0 aliphatic carbocycles. The van der Waals surface area contributed by atoms with Gasteiger partial charge in [0.2, 0.25) is 17.8 Å². The number of anilines is 2. The van der Waals surface area contributed by atoms with Gasteiger partial charge in [-0.15, -0.1) is 0 Å². The molecule has 2 aromatic heterocycles. The van der Waals surface area contributed by atoms with Crippen LogP contribution in [0.4, 0.5) is 25.1 Å². The lowest BCUT2D eigenvalue weighted by Gasteiger charge is -2.27. The van der Waals surface area contributed by atoms with E-state index in [9.17, 15) is 23.1 Å². The third-order valence-electron chi connectivity index (χ3n) is 5.14. The van der Waals surface area contributed by atoms with Crippen LogP contribution in [-0.4, -0.2) is 69.9 Å². The molecule has 2 fully saturated rings. The Hall–Kier alpha value is -3.06. The number of carbonyl (C=O) groups excluding carboxylic acids is 1. The van der Waals surface area contributed by atoms with Crippen LogP contribution in [0.3, 0.4) is 0 Å². The number of hydrogen-bond acceptors (Lipinski definition) is 9. The number of hydrogen-bond donors (Lipinski definition) is 3. The maximum atomic E-state index is 13.6. The summed E-state index contributed by atoms with van der Waals surface area (Å²) in [5.74, 6) is -1.43. The number of carbonyl (C=O) groups is 1. The minimum absolute atomic E-state index is 0.0703. The smallest absolute Gasteiger partial charge is 0.394 e. The average Bonchev–Trinajstić information content (AvgIpc) is 3.14. The number of nitrogens with two attached hydrogens (primary N) is 1. The highest BCUT2D eigenvalue weighted by Gasteiger charge is 2.38. The van der Waals surface area contributed by atoms with Gasteiger partial charge in [0.25, 0.3) is 0 Å². The molecule has 0 bridgehead atoms. The number of nitrogen functional groups attached to an aromatic ring is 1. The third-order valence-corrected chi connectivity index (χ3v) is 5.14. The van der Waals surface area contributed by atoms with Gasteiger partial charge in [0.1, 0.15) is 0 Å². The monoisotopic (exact) mass is 439 g/mol. The molecule has 1 amide bonds. The van der Waals surface area contributed by atoms with Gasteiger partial charge in [0.05, 0.1) is 43.2 Å². The van der Waals surface area contributed by atoms with Gasteiger partial charge in [-0.3, -0.25) is 4.79 Å². The van der Waals surface area contributed by atoms with Gasteiger partial charge in [-0.2, -0.15) is 13.2 Å². The second-order valence-corrected chi connectivity index (χ2v) is 7.24. The van der Waals surface area contributed by atoms with Crippen LogP contribution in [0.25, 0.3) is 11.3 Å². The molecule has 0 saturated carbocycles. The first-order chi connectivity index (χ1) is 14.8. The zero-order valence-electron chi connectivity index (χ0n) is 16.3. The van der Waals surface area contributed by atoms with Crippen molar-refractivity contribution in [1.82, 2.24) is 25.3 Å². The van der Waals surface area contributed by atoms with Crippen LogP contribution in [0, 0.1) is 0 Å². The van der Waals surface area contributed by atoms with Crippen LogP contribution >= 0.6 is 0 Å². The molecule has 0 radical (unpaired) electrons. The number of rotatable bonds is 4. The highest BCUT2D eigenvalue weighted by atomic mass is 19.4. The van der Waals surface area contributed by atoms with Crippen molar-refractivity contribution in [1.29, 1.82) is 0 Å². The SMILES string of the molecule is Nc1ncc(-c2cc([C@H]3CC(CO)NC3=O)nc(N3CCOCC3)n2)c(C(F)(F)F)n1. The van der Waals surface area contributed by atoms with E-state index in [1.54, 1.807) is 4.90 Å². The molecule has 10 nitrogen and oxygen atoms in total. The van der Waals surface area contributed by atoms with Crippen LogP contribution in [0.2, 0.25) is 0 Å². The highest BCUT2D eigenvalue weighted by Crippen LogP contribution is 2.37. The van der Waals surface area contributed by atoms with Gasteiger partial charge in [0.15, 0.2) is 5.69 Å². The fourth-order valence-corrected chi connectivity index (χ4v) is 3.60. The fraction of sp³-hybridized carbons (Fsp3) is 0.500. The number of aliphatic hydroxyl groups excluding tert-OH is 1. The van der Waals surface area contributed by atoms with Gasteiger partial charge < -0.3 is 25.8 Å². The van der Waals surface area contributed by atoms with Gasteiger partial charge in [0, 0.05) is 24.8 Å². The van der Waals surface area contributed by atoms with E-state index in [1.807, 2.05) is 0 Å². The zero-order chi connectivity index (χ0) is 22.2. The van der Waals surface area contributed by atoms with E-state index in [2.05, 4.69) is 25.3 Å². The predicted molar refractivity (Wildman–Crippen MR) is 102 cm³/mol. The molecule has 166 valence electrons. The van der Waals surface area contributed by atoms with E-state index in [0.717, 1.165) is 6.20 Å². The number of alkyl halides is 3. The Morgan fingerprint density at radius 2 is 2.00 bits per heavy atom. The maximum absolute atomic E-state index is 13.6. The van der Waals surface area contributed by atoms with Crippen molar-refractivity contribution in [3.05, 3.63) is 23.7 Å². The van der Waals surface area contributed by atoms with Crippen LogP contribution in [0.1, 0.15) is 23.7 Å². The minimum atomic E-state index is -4.79. The molecule has 0 aromatic carbocycles. The van der Waals surface area contributed by atoms with E-state index in [1.165, 1.54) is 6.07 Å². The number of morpholine rings is 1. The van der Waals surface area contributed by atoms with Crippen molar-refractivity contribution in [2.75, 3.05) is 43.5 Å². The standard InChI is InChI=1S/C18H20F3N7O3/c19-18(20,21)14-11(7-23-16(22)27-14)13-6-12(10-5-9(8-29)24-15(10)30)25-17(26-13)28-1-3-31-4-2-28/h6-7,9-10,29H,1-5,8H2,(H,24,30)(H2,22,23,27)/t9?,10-/m1/s1. The summed E-state index contributed by atoms with van der Waals surface area (Å²) in [6.07, 6.45) is -3.56. The summed E-state index contributed by atoms with van der Waals surface area (Å²) >= 11 is 0. The number of nitrogens with one attached hydrogen (secondary N) is 1. The lowest BCUT2D eigenvalue weighted by molar-refractivity contribution is -0.140. The van der Waals surface area contributed by atoms with E-state index in [4.69, 9.17) is 10.5 Å². The zero-order valence-corrected chi connectivity index (χ0v) is 16.3. The van der Waals surface area contributed by atoms with Crippen molar-refractivity contribution < 1.29 is 27.8 Å². The highest BCUT2D eigenvalue weighted by molar-refractivity contribution is 5.86. The summed E-state index contributed by atoms with van der Waals surface area (Å²) in [5, 5.41) is 12.0. The summed E-state index contributed by atoms with van der Waals surface area (Å²) in [6.45, 7) is 1.48. The Bertz CT molecular complexity index is 982. The molecular formula is C18H20F3N7O3. The number of halogens is 3. The van der Waals surface area contributed by atoms with Crippen molar-refractivity contribution >= 4 is 17.8 Å². The topological polar surface area (TPSA) is 139 Å². The van der Waals surface area contributed by atoms with Crippen LogP contribution in [0.5, 0.6) is 0 Å². The average molecular weight is 439 g/mol. The molecule has 0 spiro atoms. The lowest BCUT2D eigenvalue weighted by Crippen LogP contribution is -2.37. The molecule has 4 N–H and O–H groups in total. The molecule has 2 atom stereocenters. The van der Waals surface area contributed by atoms with E-state index >= 15 is 0 Å². The first-order valence-electron chi connectivity index (χ1n) is 9.59. The van der Waals surface area contributed by atoms with Crippen LogP contribution in [-0.2, 0) is 15.7 Å². The number of nitrogens with zero attached hydrogens (tertiary/aromatic N) is 5. The van der Waals surface area contributed by atoms with Crippen molar-refractivity contribution in [2.45, 2.75) is 24.6 Å². The lowest BCUT2D eigenvalue weighted by atomic mass is 9.99. The number of aliphatic hydroxyl groups is 1. The Morgan fingerprint density at radius 1 is 1.26 bits per heavy atom. The first kappa shape index (κ1) is 21.2. The second-order valence-electron chi connectivity index (χ2n) is 7.24. The molecule has 4 heterocycles. The Morgan fingerprint density at radius 3 is 2.65 bits per heavy atom. The minimum Gasteiger partial charge on any atom is -0.394 e. The van der Waals surface area contributed by atoms with Crippen molar-refractivity contribution in [3.8, 4) is 11.3 Å². The summed E-state index contributed by atoms with van der Waals surface area (Å²) in [4.78, 5) is 30.0. The van der Waals surface area contributed by atoms with Crippen LogP contribution in [0.15, 0.2) is 12.3 Å². The first-order valence-corrected chi connectivity index (χ1v) is 9.59. The normalized spacial score (nSPS) is 21.9. The van der Waals surface area contributed by atoms with Crippen molar-refractivity contribution in [2.24, 2.45) is 0 Å². The molecule has 2 aromatic rings. The molecule has 2 saturated heterocycles. The number of ether oxygens (including phenoxy) is 1. The van der Waals surface area contributed by atoms with Gasteiger partial charge in [-0.05, 0) is 12.5 Å². The van der Waals surface area contributed by atoms with E-state index < -0.39 is 29.8 Å². The quantitative estimate of drug-likeness (QED) is 0.615. The molecule has 4 rings (SSSR count). The fourth-order valence-electron chi connectivity index (χ4n) is 3.60. The van der Waals surface area contributed by atoms with Crippen LogP contribution < -0.4 is 16.0 Å². The summed E-state index contributed by atoms with van der Waals surface area (Å²) in [5.41, 5.74) is 3.97. The molecule has 31 heavy (non-hydrogen) atoms. The van der Waals surface area contributed by atoms with E-state index in [-0.39, 0.29) is 41.8 Å². The largest absolute Gasteiger partial charge is 0.434 e. The Balaban J connectivity index is 1.84. The molecule has 1 unspecified atom stereocenters. The van der Waals surface area contributed by atoms with Gasteiger partial charge in [-0.1, -0.05) is 0 Å². The third kappa shape index (κ3) is 4.37. The summed E-state index contributed by atoms with van der Waals surface area (Å²) in [7, 11) is 0. The molecular weight excluding hydrogens is 419 g/mol. The number of amides is 1.